The molecule has 0 spiro atoms. The van der Waals surface area contributed by atoms with Gasteiger partial charge in [0.1, 0.15) is 0 Å². The Morgan fingerprint density at radius 2 is 1.70 bits per heavy atom. The number of urea groups is 1. The minimum Gasteiger partial charge on any atom is -0.307 e. The fourth-order valence-electron chi connectivity index (χ4n) is 2.14. The Morgan fingerprint density at radius 1 is 0.957 bits per heavy atom. The average molecular weight is 324 g/mol. The molecule has 0 saturated heterocycles. The minimum absolute atomic E-state index is 0.398. The lowest BCUT2D eigenvalue weighted by Crippen LogP contribution is -2.24. The van der Waals surface area contributed by atoms with Crippen molar-refractivity contribution in [1.82, 2.24) is 5.43 Å². The van der Waals surface area contributed by atoms with Crippen molar-refractivity contribution in [2.75, 3.05) is 5.32 Å². The number of hydrazone groups is 1. The van der Waals surface area contributed by atoms with E-state index in [0.717, 1.165) is 16.3 Å². The standard InChI is InChI=1S/C18H14ClN3O/c19-16-8-5-13(6-9-16)12-20-22-18(23)21-17-10-7-14-3-1-2-4-15(14)11-17/h1-12H,(H2,21,22,23)/b20-12+. The molecule has 0 aromatic heterocycles. The van der Waals surface area contributed by atoms with Gasteiger partial charge in [0.05, 0.1) is 6.21 Å². The van der Waals surface area contributed by atoms with Crippen LogP contribution in [0.25, 0.3) is 10.8 Å². The van der Waals surface area contributed by atoms with Crippen molar-refractivity contribution in [3.63, 3.8) is 0 Å². The summed E-state index contributed by atoms with van der Waals surface area (Å²) in [6.07, 6.45) is 1.55. The predicted octanol–water partition coefficient (Wildman–Crippen LogP) is 4.65. The molecule has 3 aromatic carbocycles. The number of amides is 2. The van der Waals surface area contributed by atoms with Gasteiger partial charge in [0, 0.05) is 10.7 Å². The van der Waals surface area contributed by atoms with E-state index < -0.39 is 6.03 Å². The van der Waals surface area contributed by atoms with Crippen molar-refractivity contribution >= 4 is 40.3 Å². The summed E-state index contributed by atoms with van der Waals surface area (Å²) in [7, 11) is 0. The second-order valence-electron chi connectivity index (χ2n) is 4.94. The lowest BCUT2D eigenvalue weighted by Gasteiger charge is -2.05. The van der Waals surface area contributed by atoms with Crippen LogP contribution >= 0.6 is 11.6 Å². The first kappa shape index (κ1) is 15.1. The van der Waals surface area contributed by atoms with Crippen LogP contribution in [0.2, 0.25) is 5.02 Å². The minimum atomic E-state index is -0.398. The van der Waals surface area contributed by atoms with Crippen LogP contribution in [0.15, 0.2) is 71.8 Å². The maximum absolute atomic E-state index is 11.8. The van der Waals surface area contributed by atoms with Crippen LogP contribution < -0.4 is 10.7 Å². The Hall–Kier alpha value is -2.85. The van der Waals surface area contributed by atoms with Gasteiger partial charge in [-0.1, -0.05) is 54.1 Å². The highest BCUT2D eigenvalue weighted by atomic mass is 35.5. The second kappa shape index (κ2) is 6.94. The molecular weight excluding hydrogens is 310 g/mol. The molecule has 0 heterocycles. The fraction of sp³-hybridized carbons (Fsp3) is 0. The average Bonchev–Trinajstić information content (AvgIpc) is 2.56. The summed E-state index contributed by atoms with van der Waals surface area (Å²) in [5.74, 6) is 0. The third kappa shape index (κ3) is 4.08. The molecule has 2 N–H and O–H groups in total. The van der Waals surface area contributed by atoms with E-state index in [2.05, 4.69) is 15.8 Å². The molecule has 0 unspecified atom stereocenters. The van der Waals surface area contributed by atoms with Gasteiger partial charge in [-0.25, -0.2) is 10.2 Å². The summed E-state index contributed by atoms with van der Waals surface area (Å²) in [6, 6.07) is 20.4. The number of carbonyl (C=O) groups is 1. The molecule has 5 heteroatoms. The molecule has 114 valence electrons. The molecule has 0 saturated carbocycles. The zero-order chi connectivity index (χ0) is 16.1. The lowest BCUT2D eigenvalue weighted by atomic mass is 10.1. The SMILES string of the molecule is O=C(N/N=C/c1ccc(Cl)cc1)Nc1ccc2ccccc2c1. The highest BCUT2D eigenvalue weighted by Gasteiger charge is 2.01. The summed E-state index contributed by atoms with van der Waals surface area (Å²) in [5, 5.41) is 9.49. The lowest BCUT2D eigenvalue weighted by molar-refractivity contribution is 0.252. The Labute approximate surface area is 138 Å². The Bertz CT molecular complexity index is 860. The molecule has 0 radical (unpaired) electrons. The third-order valence-corrected chi connectivity index (χ3v) is 3.51. The molecule has 23 heavy (non-hydrogen) atoms. The van der Waals surface area contributed by atoms with Crippen LogP contribution in [-0.2, 0) is 0 Å². The summed E-state index contributed by atoms with van der Waals surface area (Å²) in [6.45, 7) is 0. The number of anilines is 1. The predicted molar refractivity (Wildman–Crippen MR) is 95.1 cm³/mol. The number of carbonyl (C=O) groups excluding carboxylic acids is 1. The number of rotatable bonds is 3. The maximum atomic E-state index is 11.8. The first-order valence-electron chi connectivity index (χ1n) is 7.05. The first-order valence-corrected chi connectivity index (χ1v) is 7.43. The quantitative estimate of drug-likeness (QED) is 0.535. The van der Waals surface area contributed by atoms with Crippen molar-refractivity contribution < 1.29 is 4.79 Å². The number of halogens is 1. The van der Waals surface area contributed by atoms with Crippen LogP contribution in [0.3, 0.4) is 0 Å². The van der Waals surface area contributed by atoms with Crippen LogP contribution in [0.1, 0.15) is 5.56 Å². The normalized spacial score (nSPS) is 10.8. The van der Waals surface area contributed by atoms with Crippen molar-refractivity contribution in [2.45, 2.75) is 0 Å². The molecule has 0 aliphatic heterocycles. The summed E-state index contributed by atoms with van der Waals surface area (Å²) >= 11 is 5.80. The van der Waals surface area contributed by atoms with Crippen molar-refractivity contribution in [3.8, 4) is 0 Å². The molecule has 0 fully saturated rings. The number of nitrogens with one attached hydrogen (secondary N) is 2. The van der Waals surface area contributed by atoms with Gasteiger partial charge in [0.2, 0.25) is 0 Å². The molecule has 0 aliphatic carbocycles. The van der Waals surface area contributed by atoms with Crippen LogP contribution in [0.4, 0.5) is 10.5 Å². The van der Waals surface area contributed by atoms with E-state index in [0.29, 0.717) is 10.7 Å². The van der Waals surface area contributed by atoms with Crippen molar-refractivity contribution in [3.05, 3.63) is 77.3 Å². The topological polar surface area (TPSA) is 53.5 Å². The molecule has 0 aliphatic rings. The van der Waals surface area contributed by atoms with E-state index in [1.54, 1.807) is 18.3 Å². The molecule has 0 bridgehead atoms. The number of benzene rings is 3. The number of hydrogen-bond donors (Lipinski definition) is 2. The molecule has 0 atom stereocenters. The summed E-state index contributed by atoms with van der Waals surface area (Å²) < 4.78 is 0. The summed E-state index contributed by atoms with van der Waals surface area (Å²) in [5.41, 5.74) is 3.99. The second-order valence-corrected chi connectivity index (χ2v) is 5.37. The molecule has 3 rings (SSSR count). The van der Waals surface area contributed by atoms with Gasteiger partial charge >= 0.3 is 6.03 Å². The smallest absolute Gasteiger partial charge is 0.307 e. The highest BCUT2D eigenvalue weighted by Crippen LogP contribution is 2.18. The van der Waals surface area contributed by atoms with Crippen molar-refractivity contribution in [1.29, 1.82) is 0 Å². The zero-order valence-corrected chi connectivity index (χ0v) is 12.9. The van der Waals surface area contributed by atoms with Gasteiger partial charge in [0.25, 0.3) is 0 Å². The highest BCUT2D eigenvalue weighted by molar-refractivity contribution is 6.30. The van der Waals surface area contributed by atoms with Crippen LogP contribution in [0.5, 0.6) is 0 Å². The summed E-state index contributed by atoms with van der Waals surface area (Å²) in [4.78, 5) is 11.8. The van der Waals surface area contributed by atoms with Gasteiger partial charge in [-0.2, -0.15) is 5.10 Å². The fourth-order valence-corrected chi connectivity index (χ4v) is 2.27. The van der Waals surface area contributed by atoms with E-state index in [1.807, 2.05) is 54.6 Å². The van der Waals surface area contributed by atoms with E-state index in [9.17, 15) is 4.79 Å². The van der Waals surface area contributed by atoms with Crippen molar-refractivity contribution in [2.24, 2.45) is 5.10 Å². The van der Waals surface area contributed by atoms with E-state index in [-0.39, 0.29) is 0 Å². The Kier molecular flexibility index (Phi) is 4.54. The molecule has 3 aromatic rings. The van der Waals surface area contributed by atoms with E-state index in [4.69, 9.17) is 11.6 Å². The monoisotopic (exact) mass is 323 g/mol. The van der Waals surface area contributed by atoms with E-state index in [1.165, 1.54) is 0 Å². The van der Waals surface area contributed by atoms with Gasteiger partial charge in [-0.3, -0.25) is 0 Å². The first-order chi connectivity index (χ1) is 11.2. The van der Waals surface area contributed by atoms with Crippen LogP contribution in [0, 0.1) is 0 Å². The number of nitrogens with zero attached hydrogens (tertiary/aromatic N) is 1. The number of hydrogen-bond acceptors (Lipinski definition) is 2. The maximum Gasteiger partial charge on any atom is 0.339 e. The zero-order valence-electron chi connectivity index (χ0n) is 12.2. The largest absolute Gasteiger partial charge is 0.339 e. The molecule has 4 nitrogen and oxygen atoms in total. The molecule has 2 amide bonds. The Morgan fingerprint density at radius 3 is 2.48 bits per heavy atom. The van der Waals surface area contributed by atoms with Gasteiger partial charge in [-0.05, 0) is 40.6 Å². The van der Waals surface area contributed by atoms with Crippen LogP contribution in [-0.4, -0.2) is 12.2 Å². The van der Waals surface area contributed by atoms with Gasteiger partial charge in [0.15, 0.2) is 0 Å². The Balaban J connectivity index is 1.60. The molecular formula is C18H14ClN3O. The number of fused-ring (bicyclic) bond motifs is 1. The van der Waals surface area contributed by atoms with Gasteiger partial charge < -0.3 is 5.32 Å². The van der Waals surface area contributed by atoms with Gasteiger partial charge in [-0.15, -0.1) is 0 Å². The van der Waals surface area contributed by atoms with E-state index >= 15 is 0 Å². The third-order valence-electron chi connectivity index (χ3n) is 3.26.